The summed E-state index contributed by atoms with van der Waals surface area (Å²) in [6.07, 6.45) is 6.62. The fraction of sp³-hybridized carbons (Fsp3) is 0.778. The van der Waals surface area contributed by atoms with Gasteiger partial charge in [0.15, 0.2) is 0 Å². The van der Waals surface area contributed by atoms with Crippen molar-refractivity contribution in [2.24, 2.45) is 0 Å². The molecule has 76 valence electrons. The number of hydrogen-bond donors (Lipinski definition) is 0. The predicted molar refractivity (Wildman–Crippen MR) is 52.8 cm³/mol. The van der Waals surface area contributed by atoms with Crippen molar-refractivity contribution in [2.45, 2.75) is 39.5 Å². The Kier molecular flexibility index (Phi) is 9.17. The van der Waals surface area contributed by atoms with Gasteiger partial charge in [-0.1, -0.05) is 32.1 Å². The molecule has 0 radical (unpaired) electrons. The number of rotatable bonds is 7. The molecule has 0 spiro atoms. The predicted octanol–water partition coefficient (Wildman–Crippen LogP) is 2.16. The highest BCUT2D eigenvalue weighted by Crippen LogP contribution is 2.00. The molecule has 0 aliphatic heterocycles. The summed E-state index contributed by atoms with van der Waals surface area (Å²) in [6.45, 7) is 4.22. The summed E-state index contributed by atoms with van der Waals surface area (Å²) >= 11 is -1.70. The summed E-state index contributed by atoms with van der Waals surface area (Å²) < 4.78 is 20.1. The molecule has 0 heterocycles. The van der Waals surface area contributed by atoms with Gasteiger partial charge in [0, 0.05) is 6.92 Å². The Morgan fingerprint density at radius 1 is 1.31 bits per heavy atom. The molecule has 0 rings (SSSR count). The Morgan fingerprint density at radius 2 is 2.08 bits per heavy atom. The lowest BCUT2D eigenvalue weighted by molar-refractivity contribution is 0.294. The standard InChI is InChI=1S/C9H16O3S/c1-3-5-6-7-9-12-13(10)11-8-4-2/h3,5-7,9H2,1-2H3. The first-order valence-electron chi connectivity index (χ1n) is 4.45. The molecule has 0 saturated carbocycles. The maximum absolute atomic E-state index is 10.8. The van der Waals surface area contributed by atoms with Crippen molar-refractivity contribution in [2.75, 3.05) is 6.61 Å². The van der Waals surface area contributed by atoms with Crippen molar-refractivity contribution in [1.29, 1.82) is 0 Å². The molecule has 0 aromatic heterocycles. The fourth-order valence-corrected chi connectivity index (χ4v) is 1.21. The molecule has 13 heavy (non-hydrogen) atoms. The lowest BCUT2D eigenvalue weighted by atomic mass is 10.2. The van der Waals surface area contributed by atoms with E-state index in [-0.39, 0.29) is 0 Å². The normalized spacial score (nSPS) is 11.5. The zero-order valence-electron chi connectivity index (χ0n) is 8.17. The van der Waals surface area contributed by atoms with E-state index in [2.05, 4.69) is 23.1 Å². The summed E-state index contributed by atoms with van der Waals surface area (Å²) in [4.78, 5) is 0. The van der Waals surface area contributed by atoms with Crippen LogP contribution in [0.1, 0.15) is 39.5 Å². The minimum Gasteiger partial charge on any atom is -0.325 e. The molecule has 1 unspecified atom stereocenters. The third-order valence-electron chi connectivity index (χ3n) is 1.39. The molecule has 0 aromatic carbocycles. The van der Waals surface area contributed by atoms with Gasteiger partial charge in [0.05, 0.1) is 6.61 Å². The monoisotopic (exact) mass is 204 g/mol. The first-order valence-corrected chi connectivity index (χ1v) is 5.45. The van der Waals surface area contributed by atoms with Gasteiger partial charge in [0.2, 0.25) is 0 Å². The van der Waals surface area contributed by atoms with Crippen LogP contribution in [0, 0.1) is 12.0 Å². The van der Waals surface area contributed by atoms with Gasteiger partial charge in [-0.05, 0) is 6.42 Å². The topological polar surface area (TPSA) is 35.5 Å². The molecule has 0 aliphatic rings. The summed E-state index contributed by atoms with van der Waals surface area (Å²) in [5.74, 6) is 2.46. The van der Waals surface area contributed by atoms with Crippen LogP contribution in [0.4, 0.5) is 0 Å². The van der Waals surface area contributed by atoms with Crippen LogP contribution in [-0.4, -0.2) is 10.8 Å². The molecule has 3 nitrogen and oxygen atoms in total. The Labute approximate surface area is 82.7 Å². The van der Waals surface area contributed by atoms with E-state index >= 15 is 0 Å². The van der Waals surface area contributed by atoms with E-state index in [0.29, 0.717) is 6.61 Å². The van der Waals surface area contributed by atoms with E-state index in [0.717, 1.165) is 12.8 Å². The second-order valence-corrected chi connectivity index (χ2v) is 3.33. The Bertz CT molecular complexity index is 193. The highest BCUT2D eigenvalue weighted by atomic mass is 32.2. The van der Waals surface area contributed by atoms with Crippen LogP contribution < -0.4 is 0 Å². The molecule has 0 aliphatic carbocycles. The van der Waals surface area contributed by atoms with E-state index in [1.54, 1.807) is 6.92 Å². The minimum atomic E-state index is -1.70. The third-order valence-corrected chi connectivity index (χ3v) is 1.97. The first kappa shape index (κ1) is 12.5. The molecule has 4 heteroatoms. The van der Waals surface area contributed by atoms with Crippen LogP contribution in [-0.2, 0) is 19.7 Å². The van der Waals surface area contributed by atoms with E-state index in [1.807, 2.05) is 0 Å². The smallest absolute Gasteiger partial charge is 0.325 e. The highest BCUT2D eigenvalue weighted by Gasteiger charge is 1.97. The molecule has 0 aromatic rings. The Morgan fingerprint density at radius 3 is 2.69 bits per heavy atom. The lowest BCUT2D eigenvalue weighted by Gasteiger charge is -1.99. The van der Waals surface area contributed by atoms with Crippen molar-refractivity contribution in [1.82, 2.24) is 0 Å². The molecule has 0 bridgehead atoms. The second kappa shape index (κ2) is 9.56. The van der Waals surface area contributed by atoms with Gasteiger partial charge >= 0.3 is 11.4 Å². The molecular weight excluding hydrogens is 188 g/mol. The van der Waals surface area contributed by atoms with Crippen molar-refractivity contribution in [3.05, 3.63) is 0 Å². The second-order valence-electron chi connectivity index (χ2n) is 2.52. The van der Waals surface area contributed by atoms with Gasteiger partial charge in [0.25, 0.3) is 0 Å². The van der Waals surface area contributed by atoms with Crippen molar-refractivity contribution >= 4 is 11.4 Å². The van der Waals surface area contributed by atoms with Crippen LogP contribution in [0.3, 0.4) is 0 Å². The van der Waals surface area contributed by atoms with Crippen LogP contribution >= 0.6 is 0 Å². The zero-order valence-corrected chi connectivity index (χ0v) is 8.99. The summed E-state index contributed by atoms with van der Waals surface area (Å²) in [6, 6.07) is 0. The summed E-state index contributed by atoms with van der Waals surface area (Å²) in [7, 11) is 0. The zero-order chi connectivity index (χ0) is 9.94. The van der Waals surface area contributed by atoms with Gasteiger partial charge in [-0.2, -0.15) is 4.21 Å². The quantitative estimate of drug-likeness (QED) is 0.471. The van der Waals surface area contributed by atoms with E-state index in [1.165, 1.54) is 12.8 Å². The van der Waals surface area contributed by atoms with Crippen molar-refractivity contribution < 1.29 is 12.6 Å². The van der Waals surface area contributed by atoms with Gasteiger partial charge < -0.3 is 4.18 Å². The Balaban J connectivity index is 3.20. The molecule has 0 saturated heterocycles. The molecule has 1 atom stereocenters. The average Bonchev–Trinajstić information content (AvgIpc) is 2.14. The van der Waals surface area contributed by atoms with Gasteiger partial charge in [-0.3, -0.25) is 4.18 Å². The van der Waals surface area contributed by atoms with Crippen LogP contribution in [0.25, 0.3) is 0 Å². The van der Waals surface area contributed by atoms with E-state index < -0.39 is 11.4 Å². The van der Waals surface area contributed by atoms with E-state index in [9.17, 15) is 4.21 Å². The minimum absolute atomic E-state index is 0.470. The van der Waals surface area contributed by atoms with Gasteiger partial charge in [-0.25, -0.2) is 0 Å². The molecule has 0 amide bonds. The largest absolute Gasteiger partial charge is 0.369 e. The maximum Gasteiger partial charge on any atom is 0.369 e. The summed E-state index contributed by atoms with van der Waals surface area (Å²) in [5.41, 5.74) is 0. The third kappa shape index (κ3) is 9.38. The molecule has 0 N–H and O–H groups in total. The molecule has 0 fully saturated rings. The van der Waals surface area contributed by atoms with Crippen molar-refractivity contribution in [3.8, 4) is 12.0 Å². The first-order chi connectivity index (χ1) is 6.31. The number of hydrogen-bond acceptors (Lipinski definition) is 3. The van der Waals surface area contributed by atoms with Gasteiger partial charge in [0.1, 0.15) is 6.11 Å². The SMILES string of the molecule is CC#COS(=O)OCCCCCC. The fourth-order valence-electron chi connectivity index (χ4n) is 0.756. The number of unbranched alkanes of at least 4 members (excludes halogenated alkanes) is 3. The van der Waals surface area contributed by atoms with Gasteiger partial charge in [-0.15, -0.1) is 0 Å². The maximum atomic E-state index is 10.8. The Hall–Kier alpha value is -0.530. The van der Waals surface area contributed by atoms with Crippen LogP contribution in [0.5, 0.6) is 0 Å². The molecular formula is C9H16O3S. The van der Waals surface area contributed by atoms with E-state index in [4.69, 9.17) is 4.18 Å². The van der Waals surface area contributed by atoms with Crippen LogP contribution in [0.15, 0.2) is 0 Å². The van der Waals surface area contributed by atoms with Crippen LogP contribution in [0.2, 0.25) is 0 Å². The summed E-state index contributed by atoms with van der Waals surface area (Å²) in [5, 5.41) is 0. The highest BCUT2D eigenvalue weighted by molar-refractivity contribution is 7.75. The average molecular weight is 204 g/mol. The van der Waals surface area contributed by atoms with Crippen molar-refractivity contribution in [3.63, 3.8) is 0 Å². The lowest BCUT2D eigenvalue weighted by Crippen LogP contribution is -2.00.